The van der Waals surface area contributed by atoms with E-state index in [0.29, 0.717) is 5.01 Å². The Hall–Kier alpha value is -1.30. The second kappa shape index (κ2) is 3.91. The molecule has 0 aliphatic carbocycles. The predicted octanol–water partition coefficient (Wildman–Crippen LogP) is 0.307. The predicted molar refractivity (Wildman–Crippen MR) is 43.9 cm³/mol. The highest BCUT2D eigenvalue weighted by atomic mass is 32.1. The molecule has 1 heterocycles. The molecule has 0 spiro atoms. The van der Waals surface area contributed by atoms with E-state index in [0.717, 1.165) is 5.01 Å². The highest BCUT2D eigenvalue weighted by Crippen LogP contribution is 2.08. The molecule has 0 bridgehead atoms. The third-order valence-corrected chi connectivity index (χ3v) is 1.85. The fourth-order valence-electron chi connectivity index (χ4n) is 0.585. The van der Waals surface area contributed by atoms with E-state index < -0.39 is 0 Å². The highest BCUT2D eigenvalue weighted by molar-refractivity contribution is 7.13. The van der Waals surface area contributed by atoms with Gasteiger partial charge in [-0.25, -0.2) is 0 Å². The van der Waals surface area contributed by atoms with E-state index in [-0.39, 0.29) is 5.71 Å². The van der Waals surface area contributed by atoms with Gasteiger partial charge in [0.05, 0.1) is 0 Å². The number of rotatable bonds is 3. The molecule has 1 aromatic rings. The molecule has 1 rings (SSSR count). The molecule has 0 saturated heterocycles. The van der Waals surface area contributed by atoms with Crippen molar-refractivity contribution < 1.29 is 9.63 Å². The standard InChI is InChI=1S/C6H6N3O2S/c1-4-7-8-6(12-4)5(3-10)9-11-2/h1-2H3. The lowest BCUT2D eigenvalue weighted by Gasteiger charge is -1.88. The monoisotopic (exact) mass is 184 g/mol. The van der Waals surface area contributed by atoms with Gasteiger partial charge in [0.1, 0.15) is 12.1 Å². The number of aryl methyl sites for hydroxylation is 1. The topological polar surface area (TPSA) is 64.4 Å². The third kappa shape index (κ3) is 1.85. The summed E-state index contributed by atoms with van der Waals surface area (Å²) in [5, 5.41) is 12.0. The molecule has 0 aromatic carbocycles. The van der Waals surface area contributed by atoms with Gasteiger partial charge in [-0.15, -0.1) is 10.2 Å². The first-order valence-electron chi connectivity index (χ1n) is 3.07. The average molecular weight is 184 g/mol. The molecule has 1 radical (unpaired) electrons. The normalized spacial score (nSPS) is 11.3. The fraction of sp³-hybridized carbons (Fsp3) is 0.333. The van der Waals surface area contributed by atoms with Gasteiger partial charge >= 0.3 is 0 Å². The summed E-state index contributed by atoms with van der Waals surface area (Å²) in [4.78, 5) is 14.7. The van der Waals surface area contributed by atoms with Crippen molar-refractivity contribution in [2.24, 2.45) is 5.16 Å². The lowest BCUT2D eigenvalue weighted by molar-refractivity contribution is 0.214. The molecule has 0 unspecified atom stereocenters. The van der Waals surface area contributed by atoms with Crippen LogP contribution in [0.2, 0.25) is 0 Å². The molecule has 0 saturated carbocycles. The summed E-state index contributed by atoms with van der Waals surface area (Å²) in [6, 6.07) is 0. The van der Waals surface area contributed by atoms with E-state index >= 15 is 0 Å². The van der Waals surface area contributed by atoms with Crippen LogP contribution in [0, 0.1) is 6.92 Å². The summed E-state index contributed by atoms with van der Waals surface area (Å²) in [6.07, 6.45) is 1.62. The first-order chi connectivity index (χ1) is 5.77. The van der Waals surface area contributed by atoms with Crippen molar-refractivity contribution in [3.05, 3.63) is 10.0 Å². The zero-order chi connectivity index (χ0) is 8.97. The van der Waals surface area contributed by atoms with Crippen LogP contribution in [0.25, 0.3) is 0 Å². The summed E-state index contributed by atoms with van der Waals surface area (Å²) >= 11 is 1.26. The summed E-state index contributed by atoms with van der Waals surface area (Å²) in [5.41, 5.74) is 0.0445. The first-order valence-corrected chi connectivity index (χ1v) is 3.89. The van der Waals surface area contributed by atoms with E-state index in [1.165, 1.54) is 18.4 Å². The average Bonchev–Trinajstić information content (AvgIpc) is 2.47. The molecule has 0 atom stereocenters. The van der Waals surface area contributed by atoms with Gasteiger partial charge in [-0.1, -0.05) is 16.5 Å². The van der Waals surface area contributed by atoms with E-state index in [1.807, 2.05) is 0 Å². The van der Waals surface area contributed by atoms with E-state index in [9.17, 15) is 4.79 Å². The Morgan fingerprint density at radius 1 is 1.67 bits per heavy atom. The van der Waals surface area contributed by atoms with Crippen LogP contribution in [0.3, 0.4) is 0 Å². The largest absolute Gasteiger partial charge is 0.398 e. The molecule has 0 fully saturated rings. The Labute approximate surface area is 73.1 Å². The van der Waals surface area contributed by atoms with Gasteiger partial charge < -0.3 is 4.84 Å². The molecule has 0 aliphatic heterocycles. The summed E-state index contributed by atoms with van der Waals surface area (Å²) in [7, 11) is 1.35. The van der Waals surface area contributed by atoms with Crippen LogP contribution in [0.1, 0.15) is 10.0 Å². The van der Waals surface area contributed by atoms with Crippen LogP contribution < -0.4 is 0 Å². The highest BCUT2D eigenvalue weighted by Gasteiger charge is 2.09. The van der Waals surface area contributed by atoms with Gasteiger partial charge in [-0.2, -0.15) is 0 Å². The molecule has 63 valence electrons. The van der Waals surface area contributed by atoms with Crippen LogP contribution in [-0.4, -0.2) is 29.3 Å². The van der Waals surface area contributed by atoms with Gasteiger partial charge in [0, 0.05) is 0 Å². The molecule has 12 heavy (non-hydrogen) atoms. The molecule has 0 amide bonds. The summed E-state index contributed by atoms with van der Waals surface area (Å²) < 4.78 is 0. The SMILES string of the molecule is CON=C([C]=O)c1nnc(C)s1. The first kappa shape index (κ1) is 8.79. The number of aromatic nitrogens is 2. The minimum Gasteiger partial charge on any atom is -0.398 e. The quantitative estimate of drug-likeness (QED) is 0.501. The number of carbonyl (C=O) groups excluding carboxylic acids is 1. The van der Waals surface area contributed by atoms with Crippen molar-refractivity contribution in [2.45, 2.75) is 6.92 Å². The third-order valence-electron chi connectivity index (χ3n) is 1.01. The Balaban J connectivity index is 2.94. The minimum atomic E-state index is 0.0445. The van der Waals surface area contributed by atoms with Crippen molar-refractivity contribution in [3.63, 3.8) is 0 Å². The van der Waals surface area contributed by atoms with Gasteiger partial charge in [-0.3, -0.25) is 4.79 Å². The molecule has 1 aromatic heterocycles. The van der Waals surface area contributed by atoms with Crippen LogP contribution in [-0.2, 0) is 9.63 Å². The Bertz CT molecular complexity index is 307. The Morgan fingerprint density at radius 3 is 2.83 bits per heavy atom. The van der Waals surface area contributed by atoms with Crippen molar-refractivity contribution in [2.75, 3.05) is 7.11 Å². The van der Waals surface area contributed by atoms with Crippen molar-refractivity contribution in [3.8, 4) is 0 Å². The van der Waals surface area contributed by atoms with Crippen molar-refractivity contribution in [1.82, 2.24) is 10.2 Å². The van der Waals surface area contributed by atoms with Gasteiger partial charge in [0.2, 0.25) is 0 Å². The second-order valence-corrected chi connectivity index (χ2v) is 3.03. The van der Waals surface area contributed by atoms with Gasteiger partial charge in [-0.05, 0) is 6.92 Å². The molecular formula is C6H6N3O2S. The smallest absolute Gasteiger partial charge is 0.260 e. The zero-order valence-corrected chi connectivity index (χ0v) is 7.38. The minimum absolute atomic E-state index is 0.0445. The lowest BCUT2D eigenvalue weighted by atomic mass is 10.4. The van der Waals surface area contributed by atoms with Crippen molar-refractivity contribution in [1.29, 1.82) is 0 Å². The van der Waals surface area contributed by atoms with Crippen LogP contribution >= 0.6 is 11.3 Å². The maximum absolute atomic E-state index is 10.3. The molecule has 6 heteroatoms. The van der Waals surface area contributed by atoms with Gasteiger partial charge in [0.15, 0.2) is 10.7 Å². The maximum atomic E-state index is 10.3. The second-order valence-electron chi connectivity index (χ2n) is 1.85. The van der Waals surface area contributed by atoms with E-state index in [1.54, 1.807) is 13.2 Å². The lowest BCUT2D eigenvalue weighted by Crippen LogP contribution is -2.01. The number of hydrogen-bond donors (Lipinski definition) is 0. The van der Waals surface area contributed by atoms with Crippen LogP contribution in [0.15, 0.2) is 5.16 Å². The Morgan fingerprint density at radius 2 is 2.42 bits per heavy atom. The van der Waals surface area contributed by atoms with Gasteiger partial charge in [0.25, 0.3) is 6.29 Å². The van der Waals surface area contributed by atoms with E-state index in [4.69, 9.17) is 0 Å². The number of oxime groups is 1. The Kier molecular flexibility index (Phi) is 2.87. The number of nitrogens with zero attached hydrogens (tertiary/aromatic N) is 3. The van der Waals surface area contributed by atoms with Crippen LogP contribution in [0.5, 0.6) is 0 Å². The molecular weight excluding hydrogens is 178 g/mol. The molecule has 0 aliphatic rings. The summed E-state index contributed by atoms with van der Waals surface area (Å²) in [6.45, 7) is 1.79. The summed E-state index contributed by atoms with van der Waals surface area (Å²) in [5.74, 6) is 0. The van der Waals surface area contributed by atoms with Crippen LogP contribution in [0.4, 0.5) is 0 Å². The molecule has 5 nitrogen and oxygen atoms in total. The molecule has 0 N–H and O–H groups in total. The maximum Gasteiger partial charge on any atom is 0.260 e. The van der Waals surface area contributed by atoms with Crippen molar-refractivity contribution >= 4 is 23.3 Å². The zero-order valence-electron chi connectivity index (χ0n) is 6.57. The number of hydrogen-bond acceptors (Lipinski definition) is 6. The fourth-order valence-corrected chi connectivity index (χ4v) is 1.20. The van der Waals surface area contributed by atoms with E-state index in [2.05, 4.69) is 20.2 Å².